The Morgan fingerprint density at radius 3 is 2.36 bits per heavy atom. The lowest BCUT2D eigenvalue weighted by molar-refractivity contribution is 0.633. The van der Waals surface area contributed by atoms with E-state index < -0.39 is 0 Å². The molecule has 5 rings (SSSR count). The zero-order valence-corrected chi connectivity index (χ0v) is 20.0. The van der Waals surface area contributed by atoms with E-state index in [0.717, 1.165) is 45.0 Å². The predicted molar refractivity (Wildman–Crippen MR) is 138 cm³/mol. The van der Waals surface area contributed by atoms with E-state index in [2.05, 4.69) is 67.8 Å². The number of rotatable bonds is 6. The zero-order valence-electron chi connectivity index (χ0n) is 20.0. The summed E-state index contributed by atoms with van der Waals surface area (Å²) in [6, 6.07) is 16.4. The van der Waals surface area contributed by atoms with Crippen LogP contribution in [0.3, 0.4) is 0 Å². The van der Waals surface area contributed by atoms with E-state index in [1.807, 2.05) is 13.0 Å². The van der Waals surface area contributed by atoms with Crippen LogP contribution < -0.4 is 0 Å². The maximum Gasteiger partial charge on any atom is 0.145 e. The summed E-state index contributed by atoms with van der Waals surface area (Å²) >= 11 is 0. The summed E-state index contributed by atoms with van der Waals surface area (Å²) in [5.74, 6) is -0.189. The standard InChI is InChI=1S/C30H31FN2/c1-5-6-7-8-9-22-10-12-23(13-11-22)28-26(31)15-14-24-29(28)25-16-19(2)20(3)17-27(25)33-18-21(4)32-30(24)33/h10-18H,5-9H2,1-4H3. The summed E-state index contributed by atoms with van der Waals surface area (Å²) in [6.07, 6.45) is 8.15. The fourth-order valence-electron chi connectivity index (χ4n) is 4.99. The molecule has 0 aliphatic heterocycles. The third-order valence-electron chi connectivity index (χ3n) is 6.92. The number of fused-ring (bicyclic) bond motifs is 6. The first kappa shape index (κ1) is 21.6. The average Bonchev–Trinajstić information content (AvgIpc) is 3.20. The van der Waals surface area contributed by atoms with Crippen molar-refractivity contribution in [2.24, 2.45) is 0 Å². The van der Waals surface area contributed by atoms with E-state index in [9.17, 15) is 0 Å². The predicted octanol–water partition coefficient (Wildman–Crippen LogP) is 8.49. The van der Waals surface area contributed by atoms with Crippen molar-refractivity contribution in [3.8, 4) is 11.1 Å². The van der Waals surface area contributed by atoms with Crippen LogP contribution in [0.1, 0.15) is 55.0 Å². The summed E-state index contributed by atoms with van der Waals surface area (Å²) in [5.41, 5.74) is 8.24. The molecule has 3 heteroatoms. The molecule has 0 aliphatic carbocycles. The summed E-state index contributed by atoms with van der Waals surface area (Å²) in [6.45, 7) is 8.49. The largest absolute Gasteiger partial charge is 0.299 e. The van der Waals surface area contributed by atoms with E-state index in [4.69, 9.17) is 4.98 Å². The molecule has 0 bridgehead atoms. The first-order chi connectivity index (χ1) is 16.0. The Kier molecular flexibility index (Phi) is 5.65. The molecule has 33 heavy (non-hydrogen) atoms. The fourth-order valence-corrected chi connectivity index (χ4v) is 4.99. The van der Waals surface area contributed by atoms with Gasteiger partial charge in [0.15, 0.2) is 0 Å². The number of aryl methyl sites for hydroxylation is 4. The van der Waals surface area contributed by atoms with Crippen molar-refractivity contribution in [2.75, 3.05) is 0 Å². The maximum absolute atomic E-state index is 15.5. The molecule has 0 aliphatic rings. The van der Waals surface area contributed by atoms with Gasteiger partial charge in [0.2, 0.25) is 0 Å². The Labute approximate surface area is 195 Å². The van der Waals surface area contributed by atoms with Crippen LogP contribution in [0.2, 0.25) is 0 Å². The van der Waals surface area contributed by atoms with Gasteiger partial charge in [0.05, 0.1) is 11.2 Å². The van der Waals surface area contributed by atoms with Gasteiger partial charge < -0.3 is 0 Å². The molecule has 2 aromatic heterocycles. The molecule has 0 unspecified atom stereocenters. The van der Waals surface area contributed by atoms with E-state index in [-0.39, 0.29) is 5.82 Å². The minimum absolute atomic E-state index is 0.189. The molecule has 0 saturated carbocycles. The highest BCUT2D eigenvalue weighted by molar-refractivity contribution is 6.18. The summed E-state index contributed by atoms with van der Waals surface area (Å²) in [5, 5.41) is 3.00. The number of nitrogens with zero attached hydrogens (tertiary/aromatic N) is 2. The van der Waals surface area contributed by atoms with Crippen molar-refractivity contribution in [1.29, 1.82) is 0 Å². The van der Waals surface area contributed by atoms with Gasteiger partial charge in [0.1, 0.15) is 11.5 Å². The molecule has 0 amide bonds. The molecular weight excluding hydrogens is 407 g/mol. The number of halogens is 1. The van der Waals surface area contributed by atoms with E-state index in [1.165, 1.54) is 42.4 Å². The van der Waals surface area contributed by atoms with Crippen LogP contribution in [0.5, 0.6) is 0 Å². The summed E-state index contributed by atoms with van der Waals surface area (Å²) < 4.78 is 17.6. The molecular formula is C30H31FN2. The van der Waals surface area contributed by atoms with Gasteiger partial charge in [0.25, 0.3) is 0 Å². The molecule has 0 spiro atoms. The number of hydrogen-bond acceptors (Lipinski definition) is 1. The van der Waals surface area contributed by atoms with Crippen LogP contribution in [0.4, 0.5) is 4.39 Å². The lowest BCUT2D eigenvalue weighted by Crippen LogP contribution is -1.96. The van der Waals surface area contributed by atoms with Gasteiger partial charge in [-0.15, -0.1) is 0 Å². The van der Waals surface area contributed by atoms with Crippen LogP contribution in [-0.2, 0) is 6.42 Å². The number of aromatic nitrogens is 2. The molecule has 0 saturated heterocycles. The molecule has 0 N–H and O–H groups in total. The summed E-state index contributed by atoms with van der Waals surface area (Å²) in [4.78, 5) is 4.81. The Hall–Kier alpha value is -3.20. The Morgan fingerprint density at radius 2 is 1.61 bits per heavy atom. The summed E-state index contributed by atoms with van der Waals surface area (Å²) in [7, 11) is 0. The van der Waals surface area contributed by atoms with Crippen LogP contribution in [-0.4, -0.2) is 9.38 Å². The number of imidazole rings is 1. The quantitative estimate of drug-likeness (QED) is 0.192. The Bertz CT molecular complexity index is 1480. The second-order valence-electron chi connectivity index (χ2n) is 9.38. The number of hydrogen-bond donors (Lipinski definition) is 0. The van der Waals surface area contributed by atoms with E-state index >= 15 is 4.39 Å². The van der Waals surface area contributed by atoms with Crippen molar-refractivity contribution in [1.82, 2.24) is 9.38 Å². The zero-order chi connectivity index (χ0) is 23.1. The number of unbranched alkanes of at least 4 members (excludes halogenated alkanes) is 3. The third kappa shape index (κ3) is 3.80. The van der Waals surface area contributed by atoms with Crippen molar-refractivity contribution in [2.45, 2.75) is 59.8 Å². The molecule has 0 atom stereocenters. The van der Waals surface area contributed by atoms with Gasteiger partial charge in [-0.1, -0.05) is 50.5 Å². The van der Waals surface area contributed by atoms with Gasteiger partial charge >= 0.3 is 0 Å². The fraction of sp³-hybridized carbons (Fsp3) is 0.300. The van der Waals surface area contributed by atoms with Crippen molar-refractivity contribution < 1.29 is 4.39 Å². The first-order valence-electron chi connectivity index (χ1n) is 12.1. The van der Waals surface area contributed by atoms with E-state index in [0.29, 0.717) is 5.56 Å². The third-order valence-corrected chi connectivity index (χ3v) is 6.92. The molecule has 5 aromatic rings. The second-order valence-corrected chi connectivity index (χ2v) is 9.38. The van der Waals surface area contributed by atoms with Crippen molar-refractivity contribution >= 4 is 27.3 Å². The SMILES string of the molecule is CCCCCCc1ccc(-c2c(F)ccc3c2c2cc(C)c(C)cc2n2cc(C)nc32)cc1. The smallest absolute Gasteiger partial charge is 0.145 e. The van der Waals surface area contributed by atoms with Crippen molar-refractivity contribution in [3.63, 3.8) is 0 Å². The van der Waals surface area contributed by atoms with Crippen molar-refractivity contribution in [3.05, 3.63) is 82.9 Å². The normalized spacial score (nSPS) is 11.8. The van der Waals surface area contributed by atoms with Gasteiger partial charge in [-0.05, 0) is 80.1 Å². The maximum atomic E-state index is 15.5. The highest BCUT2D eigenvalue weighted by atomic mass is 19.1. The average molecular weight is 439 g/mol. The second kappa shape index (κ2) is 8.62. The lowest BCUT2D eigenvalue weighted by atomic mass is 9.92. The monoisotopic (exact) mass is 438 g/mol. The number of pyridine rings is 1. The lowest BCUT2D eigenvalue weighted by Gasteiger charge is -2.15. The van der Waals surface area contributed by atoms with Crippen LogP contribution in [0, 0.1) is 26.6 Å². The Morgan fingerprint density at radius 1 is 0.848 bits per heavy atom. The van der Waals surface area contributed by atoms with Crippen LogP contribution >= 0.6 is 0 Å². The Balaban J connectivity index is 1.74. The van der Waals surface area contributed by atoms with Gasteiger partial charge in [-0.3, -0.25) is 4.40 Å². The molecule has 2 heterocycles. The highest BCUT2D eigenvalue weighted by Gasteiger charge is 2.18. The molecule has 3 aromatic carbocycles. The molecule has 168 valence electrons. The van der Waals surface area contributed by atoms with Crippen LogP contribution in [0.15, 0.2) is 54.7 Å². The molecule has 0 radical (unpaired) electrons. The van der Waals surface area contributed by atoms with E-state index in [1.54, 1.807) is 6.07 Å². The minimum Gasteiger partial charge on any atom is -0.299 e. The molecule has 0 fully saturated rings. The number of benzene rings is 3. The first-order valence-corrected chi connectivity index (χ1v) is 12.1. The highest BCUT2D eigenvalue weighted by Crippen LogP contribution is 2.39. The molecule has 2 nitrogen and oxygen atoms in total. The minimum atomic E-state index is -0.189. The van der Waals surface area contributed by atoms with Gasteiger partial charge in [-0.2, -0.15) is 0 Å². The van der Waals surface area contributed by atoms with Gasteiger partial charge in [-0.25, -0.2) is 9.37 Å². The van der Waals surface area contributed by atoms with Crippen LogP contribution in [0.25, 0.3) is 38.4 Å². The van der Waals surface area contributed by atoms with Gasteiger partial charge in [0, 0.05) is 27.9 Å². The topological polar surface area (TPSA) is 17.3 Å².